The van der Waals surface area contributed by atoms with E-state index in [0.29, 0.717) is 55.5 Å². The van der Waals surface area contributed by atoms with Crippen molar-refractivity contribution in [3.05, 3.63) is 31.7 Å². The van der Waals surface area contributed by atoms with Gasteiger partial charge in [0.25, 0.3) is 0 Å². The fraction of sp³-hybridized carbons (Fsp3) is 0.833. The molecule has 3 saturated carbocycles. The van der Waals surface area contributed by atoms with Crippen molar-refractivity contribution in [3.63, 3.8) is 0 Å². The number of carbonyl (C=O) groups is 2. The Morgan fingerprint density at radius 2 is 0.850 bits per heavy atom. The molecule has 0 spiro atoms. The van der Waals surface area contributed by atoms with Gasteiger partial charge in [-0.25, -0.2) is 11.0 Å². The molecule has 0 aromatic carbocycles. The Bertz CT molecular complexity index is 1070. The predicted molar refractivity (Wildman–Crippen MR) is 232 cm³/mol. The summed E-state index contributed by atoms with van der Waals surface area (Å²) in [4.78, 5) is 22.4. The van der Waals surface area contributed by atoms with E-state index in [1.807, 2.05) is 0 Å². The first-order valence-electron chi connectivity index (χ1n) is 21.8. The van der Waals surface area contributed by atoms with Crippen molar-refractivity contribution in [2.24, 2.45) is 0 Å². The summed E-state index contributed by atoms with van der Waals surface area (Å²) >= 11 is 0. The third-order valence-corrected chi connectivity index (χ3v) is 16.1. The molecular weight excluding hydrogens is 852 g/mol. The van der Waals surface area contributed by atoms with Gasteiger partial charge in [-0.3, -0.25) is 0 Å². The topological polar surface area (TPSA) is 209 Å². The molecule has 3 rings (SSSR count). The normalized spacial score (nSPS) is 23.5. The number of aliphatic hydroxyl groups excluding tert-OH is 5. The average Bonchev–Trinajstić information content (AvgIpc) is 3.24. The Morgan fingerprint density at radius 3 is 1.15 bits per heavy atom. The molecule has 5 N–H and O–H groups in total. The monoisotopic (exact) mass is 935 g/mol. The first-order valence-corrected chi connectivity index (χ1v) is 24.9. The summed E-state index contributed by atoms with van der Waals surface area (Å²) in [5, 5.41) is 47.1. The molecule has 18 heteroatoms. The van der Waals surface area contributed by atoms with Crippen LogP contribution in [0.15, 0.2) is 24.3 Å². The van der Waals surface area contributed by atoms with E-state index in [0.717, 1.165) is 38.5 Å². The van der Waals surface area contributed by atoms with Gasteiger partial charge in [0.05, 0.1) is 37.6 Å². The molecule has 0 aliphatic heterocycles. The van der Waals surface area contributed by atoms with Crippen molar-refractivity contribution in [2.45, 2.75) is 178 Å². The number of hydrogen-bond donors (Lipinski definition) is 5. The van der Waals surface area contributed by atoms with Gasteiger partial charge in [0, 0.05) is 77.3 Å². The van der Waals surface area contributed by atoms with Crippen LogP contribution in [-0.2, 0) is 64.2 Å². The molecule has 0 saturated heterocycles. The molecule has 15 nitrogen and oxygen atoms in total. The number of aliphatic hydroxyl groups is 5. The second-order valence-electron chi connectivity index (χ2n) is 15.2. The summed E-state index contributed by atoms with van der Waals surface area (Å²) in [6.45, 7) is 10.8. The van der Waals surface area contributed by atoms with E-state index in [4.69, 9.17) is 37.4 Å². The van der Waals surface area contributed by atoms with Crippen molar-refractivity contribution in [1.82, 2.24) is 0 Å². The van der Waals surface area contributed by atoms with Gasteiger partial charge in [-0.2, -0.15) is 0 Å². The molecule has 3 aliphatic carbocycles. The molecule has 355 valence electrons. The molecule has 0 aromatic heterocycles. The van der Waals surface area contributed by atoms with E-state index in [9.17, 15) is 35.1 Å². The first kappa shape index (κ1) is 61.1. The molecule has 0 aromatic rings. The minimum absolute atomic E-state index is 0. The summed E-state index contributed by atoms with van der Waals surface area (Å²) < 4.78 is 48.3. The standard InChI is InChI=1S/C15H28O6Si.C10H20O5Si.C8H16O4.C8H16.CH3.V/c1-12(2)15(17)20-10-7-11-22(18-3,19-4)21-14-9-6-5-8-13(14)16;1-9(2)10(11)15-7-6-8-16(12-3,13-4)14-5;9-5-3-1-2-4-6(10)8(12)7(5)11;1-2-4-6-8-7-5-3-1;;/h13-14,16H,1,5-11H2,2-4H3;1,6-8H2,2-5H3;5-12H,1-4H2;1-8H2;1H3;/q;;;;-1;/i;;;;1D;. The van der Waals surface area contributed by atoms with Crippen LogP contribution in [0.5, 0.6) is 0 Å². The molecule has 1 radical (unpaired) electrons. The molecule has 0 heterocycles. The number of carbonyl (C=O) groups excluding carboxylic acids is 2. The smallest absolute Gasteiger partial charge is 0.462 e. The van der Waals surface area contributed by atoms with Crippen LogP contribution < -0.4 is 0 Å². The van der Waals surface area contributed by atoms with Crippen molar-refractivity contribution in [1.29, 1.82) is 0 Å². The van der Waals surface area contributed by atoms with Gasteiger partial charge >= 0.3 is 29.5 Å². The maximum Gasteiger partial charge on any atom is 0.500 e. The second-order valence-corrected chi connectivity index (χ2v) is 21.2. The Labute approximate surface area is 377 Å². The third kappa shape index (κ3) is 27.2. The molecule has 60 heavy (non-hydrogen) atoms. The molecule has 0 amide bonds. The van der Waals surface area contributed by atoms with Crippen LogP contribution in [0.2, 0.25) is 12.1 Å². The maximum atomic E-state index is 11.3. The minimum Gasteiger partial charge on any atom is -0.462 e. The molecule has 6 unspecified atom stereocenters. The number of ether oxygens (including phenoxy) is 2. The zero-order valence-corrected chi connectivity index (χ0v) is 41.3. The van der Waals surface area contributed by atoms with E-state index in [1.54, 1.807) is 49.4 Å². The van der Waals surface area contributed by atoms with Gasteiger partial charge in [-0.1, -0.05) is 90.2 Å². The van der Waals surface area contributed by atoms with E-state index in [1.165, 1.54) is 51.4 Å². The Morgan fingerprint density at radius 1 is 0.550 bits per heavy atom. The summed E-state index contributed by atoms with van der Waals surface area (Å²) in [6, 6.07) is 1.15. The van der Waals surface area contributed by atoms with Crippen LogP contribution in [0, 0.1) is 7.40 Å². The summed E-state index contributed by atoms with van der Waals surface area (Å²) in [5.41, 5.74) is 0.775. The van der Waals surface area contributed by atoms with Crippen LogP contribution >= 0.6 is 0 Å². The Hall–Kier alpha value is -1.00. The van der Waals surface area contributed by atoms with Gasteiger partial charge in [0.15, 0.2) is 0 Å². The van der Waals surface area contributed by atoms with Crippen molar-refractivity contribution < 1.29 is 91.1 Å². The Kier molecular flexibility index (Phi) is 38.1. The number of rotatable bonds is 17. The summed E-state index contributed by atoms with van der Waals surface area (Å²) in [6.07, 6.45) is 14.4. The zero-order chi connectivity index (χ0) is 46.0. The Balaban J connectivity index is -0.000000760. The molecule has 3 aliphatic rings. The summed E-state index contributed by atoms with van der Waals surface area (Å²) in [5.74, 6) is -0.773. The fourth-order valence-electron chi connectivity index (χ4n) is 6.52. The van der Waals surface area contributed by atoms with Gasteiger partial charge in [-0.05, 0) is 52.4 Å². The van der Waals surface area contributed by atoms with E-state index in [-0.39, 0.29) is 37.2 Å². The SMILES string of the molecule is C1CCCCCCC1.C=C(C)C(=O)OCCC[Si](OC)(OC)OC.C=C(C)C(=O)OCCC[Si](OC)(OC)OC1CCCCC1O.OC1CCCCC(O)C(O)C1O.[2H][CH2-].[V]. The molecular formula is C42H83O15Si2V-. The number of hydrogen-bond acceptors (Lipinski definition) is 15. The first-order chi connectivity index (χ1) is 28.6. The summed E-state index contributed by atoms with van der Waals surface area (Å²) in [7, 11) is 4.91. The van der Waals surface area contributed by atoms with Crippen LogP contribution in [-0.4, -0.2) is 140 Å². The van der Waals surface area contributed by atoms with E-state index in [2.05, 4.69) is 20.6 Å². The van der Waals surface area contributed by atoms with Gasteiger partial charge in [0.1, 0.15) is 12.2 Å². The number of esters is 2. The van der Waals surface area contributed by atoms with E-state index < -0.39 is 54.1 Å². The van der Waals surface area contributed by atoms with Crippen molar-refractivity contribution >= 4 is 29.5 Å². The van der Waals surface area contributed by atoms with Crippen LogP contribution in [0.4, 0.5) is 0 Å². The van der Waals surface area contributed by atoms with Crippen LogP contribution in [0.1, 0.15) is 131 Å². The fourth-order valence-corrected chi connectivity index (χ4v) is 10.4. The molecule has 6 atom stereocenters. The second kappa shape index (κ2) is 37.4. The van der Waals surface area contributed by atoms with Crippen molar-refractivity contribution in [3.8, 4) is 0 Å². The van der Waals surface area contributed by atoms with Crippen LogP contribution in [0.25, 0.3) is 0 Å². The predicted octanol–water partition coefficient (Wildman–Crippen LogP) is 5.99. The van der Waals surface area contributed by atoms with Crippen LogP contribution in [0.3, 0.4) is 0 Å². The zero-order valence-electron chi connectivity index (χ0n) is 38.9. The minimum atomic E-state index is -2.85. The third-order valence-electron chi connectivity index (χ3n) is 10.4. The molecule has 0 bridgehead atoms. The largest absolute Gasteiger partial charge is 0.500 e. The van der Waals surface area contributed by atoms with Crippen molar-refractivity contribution in [2.75, 3.05) is 48.8 Å². The van der Waals surface area contributed by atoms with Gasteiger partial charge in [-0.15, -0.1) is 0 Å². The quantitative estimate of drug-likeness (QED) is 0.0373. The average molecular weight is 936 g/mol. The van der Waals surface area contributed by atoms with Gasteiger partial charge < -0.3 is 69.0 Å². The maximum absolute atomic E-state index is 11.3. The van der Waals surface area contributed by atoms with Gasteiger partial charge in [0.2, 0.25) is 0 Å². The molecule has 3 fully saturated rings. The van der Waals surface area contributed by atoms with E-state index >= 15 is 0 Å².